The highest BCUT2D eigenvalue weighted by Crippen LogP contribution is 2.39. The molecule has 0 radical (unpaired) electrons. The van der Waals surface area contributed by atoms with Crippen LogP contribution in [0.2, 0.25) is 0 Å². The minimum atomic E-state index is -4.80. The van der Waals surface area contributed by atoms with Crippen LogP contribution in [0, 0.1) is 0 Å². The van der Waals surface area contributed by atoms with E-state index in [0.29, 0.717) is 43.9 Å². The van der Waals surface area contributed by atoms with Crippen molar-refractivity contribution in [2.75, 3.05) is 51.8 Å². The second-order valence-corrected chi connectivity index (χ2v) is 24.5. The SMILES string of the molecule is CCCCCCCCCCCCCCCC(=O)OCC(COP(=O)([O-])OCCCC(=O)CCCCCNC(=O)CCCCC1SC[C@@H]2NC(=O)N[C@H]12)OC(=O)CCCCCCCCCCCCCCC.CC[NH+](CC)CC. The van der Waals surface area contributed by atoms with Crippen molar-refractivity contribution in [3.8, 4) is 0 Å². The van der Waals surface area contributed by atoms with Crippen LogP contribution in [0.4, 0.5) is 4.79 Å². The number of quaternary nitrogens is 1. The van der Waals surface area contributed by atoms with Crippen LogP contribution in [-0.2, 0) is 42.3 Å². The maximum atomic E-state index is 12.8. The Labute approximate surface area is 473 Å². The molecule has 3 unspecified atom stereocenters. The molecule has 2 fully saturated rings. The molecule has 0 aromatic heterocycles. The maximum absolute atomic E-state index is 12.8. The number of ether oxygens (including phenoxy) is 2. The Kier molecular flexibility index (Phi) is 47.9. The number of carbonyl (C=O) groups is 5. The van der Waals surface area contributed by atoms with E-state index in [0.717, 1.165) is 76.4 Å². The van der Waals surface area contributed by atoms with Crippen LogP contribution in [0.1, 0.15) is 279 Å². The van der Waals surface area contributed by atoms with E-state index in [2.05, 4.69) is 50.6 Å². The summed E-state index contributed by atoms with van der Waals surface area (Å²) in [5.74, 6) is 0.0469. The van der Waals surface area contributed by atoms with Gasteiger partial charge < -0.3 is 44.3 Å². The zero-order valence-corrected chi connectivity index (χ0v) is 51.4. The fourth-order valence-electron chi connectivity index (χ4n) is 9.94. The van der Waals surface area contributed by atoms with E-state index in [-0.39, 0.29) is 68.7 Å². The molecule has 4 N–H and O–H groups in total. The van der Waals surface area contributed by atoms with Crippen LogP contribution in [0.5, 0.6) is 0 Å². The van der Waals surface area contributed by atoms with Gasteiger partial charge in [-0.25, -0.2) is 4.79 Å². The van der Waals surface area contributed by atoms with Gasteiger partial charge in [0.15, 0.2) is 6.10 Å². The Bertz CT molecular complexity index is 1520. The van der Waals surface area contributed by atoms with Crippen LogP contribution < -0.4 is 25.7 Å². The summed E-state index contributed by atoms with van der Waals surface area (Å²) in [7, 11) is -4.80. The van der Waals surface area contributed by atoms with Crippen LogP contribution in [0.25, 0.3) is 0 Å². The number of thioether (sulfide) groups is 1. The van der Waals surface area contributed by atoms with Crippen molar-refractivity contribution in [3.05, 3.63) is 0 Å². The molecular weight excluding hydrogens is 1020 g/mol. The van der Waals surface area contributed by atoms with E-state index in [1.165, 1.54) is 135 Å². The van der Waals surface area contributed by atoms with E-state index in [9.17, 15) is 33.4 Å². The summed E-state index contributed by atoms with van der Waals surface area (Å²) in [6, 6.07) is 0.313. The number of Topliss-reactive ketones (excluding diaryl/α,β-unsaturated/α-hetero) is 1. The molecule has 0 spiro atoms. The predicted octanol–water partition coefficient (Wildman–Crippen LogP) is 12.6. The molecule has 77 heavy (non-hydrogen) atoms. The summed E-state index contributed by atoms with van der Waals surface area (Å²) < 4.78 is 33.8. The van der Waals surface area contributed by atoms with E-state index < -0.39 is 32.5 Å². The summed E-state index contributed by atoms with van der Waals surface area (Å²) in [4.78, 5) is 76.1. The van der Waals surface area contributed by atoms with Crippen molar-refractivity contribution in [3.63, 3.8) is 0 Å². The van der Waals surface area contributed by atoms with Crippen LogP contribution in [-0.4, -0.2) is 105 Å². The number of carbonyl (C=O) groups excluding carboxylic acids is 5. The number of urea groups is 1. The maximum Gasteiger partial charge on any atom is 0.315 e. The molecule has 0 aliphatic carbocycles. The molecule has 2 saturated heterocycles. The lowest BCUT2D eigenvalue weighted by Crippen LogP contribution is -3.11. The number of rotatable bonds is 53. The van der Waals surface area contributed by atoms with Crippen molar-refractivity contribution in [2.24, 2.45) is 0 Å². The number of phosphoric ester groups is 1. The van der Waals surface area contributed by atoms with Crippen molar-refractivity contribution in [1.29, 1.82) is 0 Å². The van der Waals surface area contributed by atoms with Gasteiger partial charge >= 0.3 is 18.0 Å². The molecule has 2 aliphatic rings. The van der Waals surface area contributed by atoms with Gasteiger partial charge in [-0.3, -0.25) is 23.7 Å². The lowest BCUT2D eigenvalue weighted by molar-refractivity contribution is -0.894. The lowest BCUT2D eigenvalue weighted by Gasteiger charge is -2.25. The van der Waals surface area contributed by atoms with Gasteiger partial charge in [0, 0.05) is 49.7 Å². The zero-order valence-electron chi connectivity index (χ0n) is 49.7. The molecule has 0 bridgehead atoms. The van der Waals surface area contributed by atoms with Gasteiger partial charge in [0.25, 0.3) is 7.82 Å². The first kappa shape index (κ1) is 72.8. The second kappa shape index (κ2) is 50.7. The van der Waals surface area contributed by atoms with Gasteiger partial charge in [0.2, 0.25) is 5.91 Å². The Morgan fingerprint density at radius 3 is 1.57 bits per heavy atom. The van der Waals surface area contributed by atoms with E-state index in [1.807, 2.05) is 11.8 Å². The summed E-state index contributed by atoms with van der Waals surface area (Å²) in [5, 5.41) is 9.30. The number of unbranched alkanes of at least 4 members (excludes halogenated alkanes) is 27. The third-order valence-electron chi connectivity index (χ3n) is 15.0. The highest BCUT2D eigenvalue weighted by atomic mass is 32.2. The average Bonchev–Trinajstić information content (AvgIpc) is 3.98. The number of fused-ring (bicyclic) bond motifs is 1. The Hall–Kier alpha value is -2.23. The Morgan fingerprint density at radius 1 is 0.584 bits per heavy atom. The molecule has 17 heteroatoms. The minimum absolute atomic E-state index is 0.00470. The molecule has 0 saturated carbocycles. The van der Waals surface area contributed by atoms with E-state index >= 15 is 0 Å². The van der Waals surface area contributed by atoms with Crippen LogP contribution >= 0.6 is 19.6 Å². The molecule has 0 aromatic rings. The molecule has 2 aliphatic heterocycles. The molecule has 2 rings (SSSR count). The van der Waals surface area contributed by atoms with E-state index in [1.54, 1.807) is 4.90 Å². The molecular formula is C60H115N4O11PS. The van der Waals surface area contributed by atoms with Gasteiger partial charge in [-0.1, -0.05) is 181 Å². The molecule has 5 atom stereocenters. The number of amides is 3. The number of ketones is 1. The number of hydrogen-bond acceptors (Lipinski definition) is 12. The molecule has 3 amide bonds. The fraction of sp³-hybridized carbons (Fsp3) is 0.917. The molecule has 0 aromatic carbocycles. The highest BCUT2D eigenvalue weighted by molar-refractivity contribution is 8.00. The highest BCUT2D eigenvalue weighted by Gasteiger charge is 2.42. The number of esters is 2. The minimum Gasteiger partial charge on any atom is -0.756 e. The summed E-state index contributed by atoms with van der Waals surface area (Å²) in [5.41, 5.74) is 0. The Balaban J connectivity index is 0.00000394. The topological polar surface area (TPSA) is 203 Å². The first-order valence-electron chi connectivity index (χ1n) is 31.6. The summed E-state index contributed by atoms with van der Waals surface area (Å²) in [6.07, 6.45) is 36.4. The van der Waals surface area contributed by atoms with Crippen LogP contribution in [0.15, 0.2) is 0 Å². The number of phosphoric acid groups is 1. The van der Waals surface area contributed by atoms with Gasteiger partial charge in [-0.15, -0.1) is 0 Å². The van der Waals surface area contributed by atoms with Crippen molar-refractivity contribution in [2.45, 2.75) is 302 Å². The zero-order chi connectivity index (χ0) is 56.5. The first-order valence-corrected chi connectivity index (χ1v) is 34.1. The standard InChI is InChI=1S/C54H100N3O11PS.C6H15N/c1-3-5-7-9-11-13-15-17-19-21-23-25-29-39-51(60)65-43-47(68-52(61)40-30-26-24-22-20-18-16-14-12-10-8-6-4-2)44-67-69(63,64)66-42-34-36-46(58)35-28-27-33-41-55-50(59)38-32-31-37-49-53-48(45-70-49)56-54(62)57-53;1-4-7(5-2)6-3/h47-49,53H,3-45H2,1-2H3,(H,55,59)(H,63,64)(H2,56,57,62);4-6H2,1-3H3/t47?,48-,49?,53-;/m0./s1. The number of nitrogens with one attached hydrogen (secondary N) is 4. The quantitative estimate of drug-likeness (QED) is 0.0194. The summed E-state index contributed by atoms with van der Waals surface area (Å²) >= 11 is 1.88. The average molecular weight is 1130 g/mol. The predicted molar refractivity (Wildman–Crippen MR) is 313 cm³/mol. The molecule has 452 valence electrons. The lowest BCUT2D eigenvalue weighted by atomic mass is 10.0. The van der Waals surface area contributed by atoms with Crippen LogP contribution in [0.3, 0.4) is 0 Å². The Morgan fingerprint density at radius 2 is 1.05 bits per heavy atom. The fourth-order valence-corrected chi connectivity index (χ4v) is 12.3. The summed E-state index contributed by atoms with van der Waals surface area (Å²) in [6.45, 7) is 14.4. The second-order valence-electron chi connectivity index (χ2n) is 21.8. The molecule has 15 nitrogen and oxygen atoms in total. The smallest absolute Gasteiger partial charge is 0.315 e. The van der Waals surface area contributed by atoms with Gasteiger partial charge in [-0.05, 0) is 65.7 Å². The third-order valence-corrected chi connectivity index (χ3v) is 17.5. The van der Waals surface area contributed by atoms with Gasteiger partial charge in [-0.2, -0.15) is 11.8 Å². The van der Waals surface area contributed by atoms with Crippen molar-refractivity contribution < 1.29 is 56.9 Å². The van der Waals surface area contributed by atoms with Gasteiger partial charge in [0.1, 0.15) is 12.4 Å². The largest absolute Gasteiger partial charge is 0.756 e. The van der Waals surface area contributed by atoms with Crippen molar-refractivity contribution in [1.82, 2.24) is 16.0 Å². The molecule has 2 heterocycles. The van der Waals surface area contributed by atoms with E-state index in [4.69, 9.17) is 18.5 Å². The van der Waals surface area contributed by atoms with Gasteiger partial charge in [0.05, 0.1) is 44.9 Å². The van der Waals surface area contributed by atoms with Crippen molar-refractivity contribution >= 4 is 49.2 Å². The normalized spacial score (nSPS) is 17.0. The third kappa shape index (κ3) is 43.2. The monoisotopic (exact) mass is 1130 g/mol. The first-order chi connectivity index (χ1) is 37.4. The number of hydrogen-bond donors (Lipinski definition) is 4.